The molecule has 108 valence electrons. The van der Waals surface area contributed by atoms with Gasteiger partial charge in [-0.3, -0.25) is 0 Å². The highest BCUT2D eigenvalue weighted by molar-refractivity contribution is 7.98. The first-order valence-electron chi connectivity index (χ1n) is 6.63. The number of benzene rings is 1. The van der Waals surface area contributed by atoms with Crippen molar-refractivity contribution in [3.8, 4) is 10.6 Å². The fourth-order valence-electron chi connectivity index (χ4n) is 1.96. The van der Waals surface area contributed by atoms with Gasteiger partial charge in [0.15, 0.2) is 5.76 Å². The van der Waals surface area contributed by atoms with E-state index >= 15 is 0 Å². The van der Waals surface area contributed by atoms with Gasteiger partial charge >= 0.3 is 0 Å². The molecule has 0 amide bonds. The maximum Gasteiger partial charge on any atom is 0.177 e. The molecule has 0 radical (unpaired) electrons. The van der Waals surface area contributed by atoms with Crippen LogP contribution in [-0.4, -0.2) is 16.0 Å². The SMILES string of the molecule is O[C@@H](CSCc1cc(-c2cccs2)on1)c1ccccc1. The van der Waals surface area contributed by atoms with Crippen molar-refractivity contribution in [2.75, 3.05) is 5.75 Å². The minimum Gasteiger partial charge on any atom is -0.388 e. The van der Waals surface area contributed by atoms with Crippen LogP contribution in [0.4, 0.5) is 0 Å². The molecule has 1 atom stereocenters. The van der Waals surface area contributed by atoms with Crippen molar-refractivity contribution in [1.82, 2.24) is 5.16 Å². The summed E-state index contributed by atoms with van der Waals surface area (Å²) in [5, 5.41) is 16.2. The van der Waals surface area contributed by atoms with Gasteiger partial charge in [-0.2, -0.15) is 11.8 Å². The lowest BCUT2D eigenvalue weighted by molar-refractivity contribution is 0.204. The number of hydrogen-bond acceptors (Lipinski definition) is 5. The van der Waals surface area contributed by atoms with Crippen LogP contribution in [0.3, 0.4) is 0 Å². The molecule has 3 rings (SSSR count). The third kappa shape index (κ3) is 3.75. The van der Waals surface area contributed by atoms with Crippen molar-refractivity contribution < 1.29 is 9.63 Å². The van der Waals surface area contributed by atoms with Crippen LogP contribution in [0.1, 0.15) is 17.4 Å². The Morgan fingerprint density at radius 1 is 1.19 bits per heavy atom. The van der Waals surface area contributed by atoms with Crippen LogP contribution in [0.15, 0.2) is 58.4 Å². The van der Waals surface area contributed by atoms with Crippen LogP contribution in [0.25, 0.3) is 10.6 Å². The second-order valence-corrected chi connectivity index (χ2v) is 6.58. The molecular weight excluding hydrogens is 302 g/mol. The van der Waals surface area contributed by atoms with Crippen molar-refractivity contribution in [3.05, 3.63) is 65.2 Å². The summed E-state index contributed by atoms with van der Waals surface area (Å²) in [6.45, 7) is 0. The Hall–Kier alpha value is -1.56. The third-order valence-corrected chi connectivity index (χ3v) is 4.97. The summed E-state index contributed by atoms with van der Waals surface area (Å²) in [6.07, 6.45) is -0.445. The van der Waals surface area contributed by atoms with E-state index in [0.717, 1.165) is 27.6 Å². The van der Waals surface area contributed by atoms with Gasteiger partial charge in [0.05, 0.1) is 16.7 Å². The molecule has 0 bridgehead atoms. The molecule has 0 spiro atoms. The maximum atomic E-state index is 10.1. The molecule has 0 unspecified atom stereocenters. The van der Waals surface area contributed by atoms with Crippen molar-refractivity contribution >= 4 is 23.1 Å². The van der Waals surface area contributed by atoms with E-state index in [1.165, 1.54) is 0 Å². The van der Waals surface area contributed by atoms with Crippen molar-refractivity contribution in [2.45, 2.75) is 11.9 Å². The van der Waals surface area contributed by atoms with Crippen LogP contribution >= 0.6 is 23.1 Å². The lowest BCUT2D eigenvalue weighted by Gasteiger charge is -2.09. The molecule has 3 nitrogen and oxygen atoms in total. The second kappa shape index (κ2) is 6.93. The minimum absolute atomic E-state index is 0.445. The van der Waals surface area contributed by atoms with E-state index in [-0.39, 0.29) is 0 Å². The normalized spacial score (nSPS) is 12.4. The zero-order chi connectivity index (χ0) is 14.5. The van der Waals surface area contributed by atoms with Gasteiger partial charge in [0.25, 0.3) is 0 Å². The van der Waals surface area contributed by atoms with Crippen LogP contribution in [-0.2, 0) is 5.75 Å². The van der Waals surface area contributed by atoms with Gasteiger partial charge in [0, 0.05) is 17.6 Å². The number of thiophene rings is 1. The van der Waals surface area contributed by atoms with Gasteiger partial charge in [-0.05, 0) is 17.0 Å². The Balaban J connectivity index is 1.52. The summed E-state index contributed by atoms with van der Waals surface area (Å²) in [4.78, 5) is 1.09. The molecular formula is C16H15NO2S2. The van der Waals surface area contributed by atoms with Crippen molar-refractivity contribution in [2.24, 2.45) is 0 Å². The molecule has 1 aromatic carbocycles. The Labute approximate surface area is 131 Å². The quantitative estimate of drug-likeness (QED) is 0.733. The molecule has 1 N–H and O–H groups in total. The van der Waals surface area contributed by atoms with Crippen LogP contribution in [0.5, 0.6) is 0 Å². The summed E-state index contributed by atoms with van der Waals surface area (Å²) in [6, 6.07) is 15.7. The average molecular weight is 317 g/mol. The summed E-state index contributed by atoms with van der Waals surface area (Å²) in [5.74, 6) is 2.19. The number of hydrogen-bond donors (Lipinski definition) is 1. The van der Waals surface area contributed by atoms with E-state index in [1.807, 2.05) is 53.9 Å². The summed E-state index contributed by atoms with van der Waals surface area (Å²) < 4.78 is 5.34. The van der Waals surface area contributed by atoms with Crippen molar-refractivity contribution in [1.29, 1.82) is 0 Å². The van der Waals surface area contributed by atoms with Crippen LogP contribution in [0.2, 0.25) is 0 Å². The molecule has 2 heterocycles. The Morgan fingerprint density at radius 3 is 2.81 bits per heavy atom. The average Bonchev–Trinajstić information content (AvgIpc) is 3.19. The zero-order valence-corrected chi connectivity index (χ0v) is 12.9. The van der Waals surface area contributed by atoms with E-state index in [1.54, 1.807) is 23.1 Å². The first-order valence-corrected chi connectivity index (χ1v) is 8.66. The molecule has 0 aliphatic rings. The molecule has 0 fully saturated rings. The number of rotatable bonds is 6. The topological polar surface area (TPSA) is 46.3 Å². The summed E-state index contributed by atoms with van der Waals surface area (Å²) in [5.41, 5.74) is 1.85. The number of aromatic nitrogens is 1. The predicted octanol–water partition coefficient (Wildman–Crippen LogP) is 4.37. The monoisotopic (exact) mass is 317 g/mol. The maximum absolute atomic E-state index is 10.1. The lowest BCUT2D eigenvalue weighted by atomic mass is 10.1. The second-order valence-electron chi connectivity index (χ2n) is 4.60. The minimum atomic E-state index is -0.445. The standard InChI is InChI=1S/C16H15NO2S2/c18-14(12-5-2-1-3-6-12)11-20-10-13-9-15(19-17-13)16-7-4-8-21-16/h1-9,14,18H,10-11H2/t14-/m0/s1. The number of aliphatic hydroxyl groups excluding tert-OH is 1. The van der Waals surface area contributed by atoms with Gasteiger partial charge in [-0.1, -0.05) is 41.6 Å². The first kappa shape index (κ1) is 14.4. The molecule has 0 aliphatic carbocycles. The fourth-order valence-corrected chi connectivity index (χ4v) is 3.51. The first-order chi connectivity index (χ1) is 10.3. The van der Waals surface area contributed by atoms with E-state index < -0.39 is 6.10 Å². The summed E-state index contributed by atoms with van der Waals surface area (Å²) in [7, 11) is 0. The zero-order valence-electron chi connectivity index (χ0n) is 11.3. The van der Waals surface area contributed by atoms with Gasteiger partial charge in [-0.15, -0.1) is 11.3 Å². The highest BCUT2D eigenvalue weighted by Crippen LogP contribution is 2.27. The fraction of sp³-hybridized carbons (Fsp3) is 0.188. The number of nitrogens with zero attached hydrogens (tertiary/aromatic N) is 1. The third-order valence-electron chi connectivity index (χ3n) is 3.03. The highest BCUT2D eigenvalue weighted by atomic mass is 32.2. The molecule has 5 heteroatoms. The molecule has 3 aromatic rings. The summed E-state index contributed by atoms with van der Waals surface area (Å²) >= 11 is 3.29. The highest BCUT2D eigenvalue weighted by Gasteiger charge is 2.10. The molecule has 2 aromatic heterocycles. The smallest absolute Gasteiger partial charge is 0.177 e. The van der Waals surface area contributed by atoms with Crippen molar-refractivity contribution in [3.63, 3.8) is 0 Å². The Kier molecular flexibility index (Phi) is 4.75. The van der Waals surface area contributed by atoms with E-state index in [9.17, 15) is 5.11 Å². The Morgan fingerprint density at radius 2 is 2.05 bits per heavy atom. The predicted molar refractivity (Wildman–Crippen MR) is 87.4 cm³/mol. The van der Waals surface area contributed by atoms with Crippen LogP contribution in [0, 0.1) is 0 Å². The molecule has 0 aliphatic heterocycles. The van der Waals surface area contributed by atoms with Gasteiger partial charge < -0.3 is 9.63 Å². The largest absolute Gasteiger partial charge is 0.388 e. The van der Waals surface area contributed by atoms with E-state index in [2.05, 4.69) is 5.16 Å². The van der Waals surface area contributed by atoms with Crippen LogP contribution < -0.4 is 0 Å². The van der Waals surface area contributed by atoms with E-state index in [4.69, 9.17) is 4.52 Å². The van der Waals surface area contributed by atoms with Gasteiger partial charge in [0.2, 0.25) is 0 Å². The Bertz CT molecular complexity index is 665. The molecule has 0 saturated carbocycles. The van der Waals surface area contributed by atoms with E-state index in [0.29, 0.717) is 5.75 Å². The molecule has 21 heavy (non-hydrogen) atoms. The lowest BCUT2D eigenvalue weighted by Crippen LogP contribution is -2.00. The van der Waals surface area contributed by atoms with Gasteiger partial charge in [0.1, 0.15) is 0 Å². The number of aliphatic hydroxyl groups is 1. The molecule has 0 saturated heterocycles. The van der Waals surface area contributed by atoms with Gasteiger partial charge in [-0.25, -0.2) is 0 Å². The number of thioether (sulfide) groups is 1.